The van der Waals surface area contributed by atoms with Crippen LogP contribution >= 0.6 is 0 Å². The molecule has 0 atom stereocenters. The second-order valence-corrected chi connectivity index (χ2v) is 6.48. The molecule has 106 valence electrons. The standard InChI is InChI=1S/C16H30O2/c1-4-5-6-7-10-16(15(17)18)11-8-14(9-12-16)13(2)3/h13-14H,4-12H2,1-3H3,(H,17,18). The van der Waals surface area contributed by atoms with Crippen molar-refractivity contribution in [1.82, 2.24) is 0 Å². The van der Waals surface area contributed by atoms with Crippen LogP contribution in [0, 0.1) is 17.3 Å². The molecule has 2 nitrogen and oxygen atoms in total. The zero-order valence-electron chi connectivity index (χ0n) is 12.4. The average molecular weight is 254 g/mol. The van der Waals surface area contributed by atoms with Crippen molar-refractivity contribution in [3.63, 3.8) is 0 Å². The lowest BCUT2D eigenvalue weighted by molar-refractivity contribution is -0.152. The Morgan fingerprint density at radius 1 is 1.22 bits per heavy atom. The van der Waals surface area contributed by atoms with Gasteiger partial charge in [-0.15, -0.1) is 0 Å². The van der Waals surface area contributed by atoms with Gasteiger partial charge in [0.25, 0.3) is 0 Å². The number of carboxylic acids is 1. The third-order valence-corrected chi connectivity index (χ3v) is 4.89. The van der Waals surface area contributed by atoms with Crippen molar-refractivity contribution in [2.75, 3.05) is 0 Å². The lowest BCUT2D eigenvalue weighted by Gasteiger charge is -2.38. The summed E-state index contributed by atoms with van der Waals surface area (Å²) in [5.41, 5.74) is -0.390. The highest BCUT2D eigenvalue weighted by atomic mass is 16.4. The maximum atomic E-state index is 11.6. The first-order valence-electron chi connectivity index (χ1n) is 7.75. The van der Waals surface area contributed by atoms with Crippen molar-refractivity contribution in [2.24, 2.45) is 17.3 Å². The van der Waals surface area contributed by atoms with Gasteiger partial charge in [-0.1, -0.05) is 46.5 Å². The minimum absolute atomic E-state index is 0.390. The van der Waals surface area contributed by atoms with E-state index < -0.39 is 5.97 Å². The van der Waals surface area contributed by atoms with E-state index in [1.165, 1.54) is 19.3 Å². The lowest BCUT2D eigenvalue weighted by Crippen LogP contribution is -2.36. The van der Waals surface area contributed by atoms with Crippen LogP contribution in [0.2, 0.25) is 0 Å². The predicted molar refractivity (Wildman–Crippen MR) is 75.6 cm³/mol. The fourth-order valence-electron chi connectivity index (χ4n) is 3.32. The first-order chi connectivity index (χ1) is 8.52. The van der Waals surface area contributed by atoms with Crippen molar-refractivity contribution >= 4 is 5.97 Å². The molecule has 0 amide bonds. The molecule has 0 heterocycles. The molecule has 0 aliphatic heterocycles. The molecule has 1 rings (SSSR count). The molecule has 0 aromatic carbocycles. The lowest BCUT2D eigenvalue weighted by atomic mass is 9.66. The van der Waals surface area contributed by atoms with Crippen LogP contribution in [0.1, 0.15) is 78.6 Å². The molecule has 0 unspecified atom stereocenters. The Morgan fingerprint density at radius 2 is 1.83 bits per heavy atom. The van der Waals surface area contributed by atoms with E-state index >= 15 is 0 Å². The summed E-state index contributed by atoms with van der Waals surface area (Å²) < 4.78 is 0. The second kappa shape index (κ2) is 7.16. The van der Waals surface area contributed by atoms with Crippen LogP contribution in [-0.4, -0.2) is 11.1 Å². The van der Waals surface area contributed by atoms with Crippen LogP contribution in [-0.2, 0) is 4.79 Å². The van der Waals surface area contributed by atoms with E-state index in [9.17, 15) is 9.90 Å². The minimum Gasteiger partial charge on any atom is -0.481 e. The first kappa shape index (κ1) is 15.5. The molecule has 1 aliphatic rings. The number of carbonyl (C=O) groups is 1. The number of hydrogen-bond acceptors (Lipinski definition) is 1. The molecule has 1 N–H and O–H groups in total. The molecule has 0 saturated heterocycles. The molecule has 0 spiro atoms. The van der Waals surface area contributed by atoms with Gasteiger partial charge < -0.3 is 5.11 Å². The Balaban J connectivity index is 2.48. The van der Waals surface area contributed by atoms with Gasteiger partial charge in [0.2, 0.25) is 0 Å². The highest BCUT2D eigenvalue weighted by Gasteiger charge is 2.41. The van der Waals surface area contributed by atoms with Crippen molar-refractivity contribution in [3.05, 3.63) is 0 Å². The van der Waals surface area contributed by atoms with E-state index in [2.05, 4.69) is 20.8 Å². The molecular formula is C16H30O2. The van der Waals surface area contributed by atoms with E-state index in [0.717, 1.165) is 44.4 Å². The fourth-order valence-corrected chi connectivity index (χ4v) is 3.32. The highest BCUT2D eigenvalue weighted by molar-refractivity contribution is 5.74. The summed E-state index contributed by atoms with van der Waals surface area (Å²) in [6.45, 7) is 6.72. The summed E-state index contributed by atoms with van der Waals surface area (Å²) in [7, 11) is 0. The van der Waals surface area contributed by atoms with Gasteiger partial charge in [0.05, 0.1) is 5.41 Å². The Labute approximate surface area is 112 Å². The largest absolute Gasteiger partial charge is 0.481 e. The van der Waals surface area contributed by atoms with Gasteiger partial charge in [0, 0.05) is 0 Å². The van der Waals surface area contributed by atoms with Crippen LogP contribution in [0.3, 0.4) is 0 Å². The number of unbranched alkanes of at least 4 members (excludes halogenated alkanes) is 3. The van der Waals surface area contributed by atoms with Gasteiger partial charge in [-0.3, -0.25) is 4.79 Å². The first-order valence-corrected chi connectivity index (χ1v) is 7.75. The van der Waals surface area contributed by atoms with Crippen LogP contribution in [0.25, 0.3) is 0 Å². The quantitative estimate of drug-likeness (QED) is 0.658. The molecule has 0 radical (unpaired) electrons. The zero-order chi connectivity index (χ0) is 13.6. The second-order valence-electron chi connectivity index (χ2n) is 6.48. The average Bonchev–Trinajstić information content (AvgIpc) is 2.35. The summed E-state index contributed by atoms with van der Waals surface area (Å²) in [4.78, 5) is 11.6. The van der Waals surface area contributed by atoms with E-state index in [4.69, 9.17) is 0 Å². The van der Waals surface area contributed by atoms with Crippen LogP contribution < -0.4 is 0 Å². The van der Waals surface area contributed by atoms with Crippen molar-refractivity contribution in [2.45, 2.75) is 78.6 Å². The molecule has 1 saturated carbocycles. The number of rotatable bonds is 7. The van der Waals surface area contributed by atoms with Crippen LogP contribution in [0.5, 0.6) is 0 Å². The van der Waals surface area contributed by atoms with Gasteiger partial charge in [-0.25, -0.2) is 0 Å². The van der Waals surface area contributed by atoms with Gasteiger partial charge >= 0.3 is 5.97 Å². The summed E-state index contributed by atoms with van der Waals surface area (Å²) >= 11 is 0. The van der Waals surface area contributed by atoms with Gasteiger partial charge in [-0.2, -0.15) is 0 Å². The third-order valence-electron chi connectivity index (χ3n) is 4.89. The molecule has 18 heavy (non-hydrogen) atoms. The van der Waals surface area contributed by atoms with E-state index in [1.54, 1.807) is 0 Å². The molecule has 2 heteroatoms. The summed E-state index contributed by atoms with van der Waals surface area (Å²) in [6.07, 6.45) is 9.66. The normalized spacial score (nSPS) is 28.6. The number of carboxylic acid groups (broad SMARTS) is 1. The van der Waals surface area contributed by atoms with Crippen molar-refractivity contribution in [3.8, 4) is 0 Å². The zero-order valence-corrected chi connectivity index (χ0v) is 12.4. The van der Waals surface area contributed by atoms with Crippen molar-refractivity contribution in [1.29, 1.82) is 0 Å². The molecule has 0 aromatic heterocycles. The Morgan fingerprint density at radius 3 is 2.28 bits per heavy atom. The molecule has 1 fully saturated rings. The highest BCUT2D eigenvalue weighted by Crippen LogP contribution is 2.44. The number of hydrogen-bond donors (Lipinski definition) is 1. The summed E-state index contributed by atoms with van der Waals surface area (Å²) in [5.74, 6) is 0.909. The minimum atomic E-state index is -0.541. The summed E-state index contributed by atoms with van der Waals surface area (Å²) in [6, 6.07) is 0. The fraction of sp³-hybridized carbons (Fsp3) is 0.938. The third kappa shape index (κ3) is 4.00. The maximum absolute atomic E-state index is 11.6. The smallest absolute Gasteiger partial charge is 0.309 e. The summed E-state index contributed by atoms with van der Waals surface area (Å²) in [5, 5.41) is 9.57. The molecule has 0 aromatic rings. The maximum Gasteiger partial charge on any atom is 0.309 e. The monoisotopic (exact) mass is 254 g/mol. The molecule has 1 aliphatic carbocycles. The molecule has 0 bridgehead atoms. The van der Waals surface area contributed by atoms with Crippen LogP contribution in [0.15, 0.2) is 0 Å². The Bertz CT molecular complexity index is 250. The van der Waals surface area contributed by atoms with Crippen molar-refractivity contribution < 1.29 is 9.90 Å². The molecular weight excluding hydrogens is 224 g/mol. The Kier molecular flexibility index (Phi) is 6.17. The van der Waals surface area contributed by atoms with Gasteiger partial charge in [0.1, 0.15) is 0 Å². The van der Waals surface area contributed by atoms with Crippen LogP contribution in [0.4, 0.5) is 0 Å². The topological polar surface area (TPSA) is 37.3 Å². The van der Waals surface area contributed by atoms with Gasteiger partial charge in [0.15, 0.2) is 0 Å². The van der Waals surface area contributed by atoms with E-state index in [1.807, 2.05) is 0 Å². The van der Waals surface area contributed by atoms with Gasteiger partial charge in [-0.05, 0) is 43.9 Å². The van der Waals surface area contributed by atoms with E-state index in [-0.39, 0.29) is 5.41 Å². The SMILES string of the molecule is CCCCCCC1(C(=O)O)CCC(C(C)C)CC1. The van der Waals surface area contributed by atoms with E-state index in [0.29, 0.717) is 5.92 Å². The Hall–Kier alpha value is -0.530. The predicted octanol–water partition coefficient (Wildman–Crippen LogP) is 4.87. The number of aliphatic carboxylic acids is 1.